The monoisotopic (exact) mass is 266 g/mol. The van der Waals surface area contributed by atoms with E-state index in [0.29, 0.717) is 6.54 Å². The minimum Gasteiger partial charge on any atom is -0.468 e. The highest BCUT2D eigenvalue weighted by Gasteiger charge is 2.30. The van der Waals surface area contributed by atoms with E-state index in [4.69, 9.17) is 4.74 Å². The lowest BCUT2D eigenvalue weighted by Gasteiger charge is -2.33. The van der Waals surface area contributed by atoms with Crippen molar-refractivity contribution in [2.75, 3.05) is 13.7 Å². The molecule has 1 aliphatic rings. The van der Waals surface area contributed by atoms with Gasteiger partial charge in [0.25, 0.3) is 0 Å². The maximum absolute atomic E-state index is 11.8. The van der Waals surface area contributed by atoms with Gasteiger partial charge in [-0.05, 0) is 33.2 Å². The molecule has 0 spiro atoms. The molecule has 0 N–H and O–H groups in total. The highest BCUT2D eigenvalue weighted by atomic mass is 16.5. The minimum atomic E-state index is -0.143. The lowest BCUT2D eigenvalue weighted by Crippen LogP contribution is -2.45. The summed E-state index contributed by atoms with van der Waals surface area (Å²) in [5.74, 6) is 0.765. The number of likely N-dealkylation sites (tertiary alicyclic amines) is 1. The van der Waals surface area contributed by atoms with Gasteiger partial charge in [-0.3, -0.25) is 9.69 Å². The van der Waals surface area contributed by atoms with Gasteiger partial charge in [0.2, 0.25) is 0 Å². The van der Waals surface area contributed by atoms with Crippen molar-refractivity contribution in [3.63, 3.8) is 0 Å². The summed E-state index contributed by atoms with van der Waals surface area (Å²) < 4.78 is 6.80. The second-order valence-corrected chi connectivity index (χ2v) is 5.22. The van der Waals surface area contributed by atoms with Crippen LogP contribution in [0.1, 0.15) is 45.0 Å². The number of aromatic nitrogens is 3. The number of methoxy groups -OCH3 is 1. The van der Waals surface area contributed by atoms with Gasteiger partial charge >= 0.3 is 5.97 Å². The molecule has 1 saturated heterocycles. The summed E-state index contributed by atoms with van der Waals surface area (Å²) in [6.07, 6.45) is 4.63. The van der Waals surface area contributed by atoms with E-state index in [2.05, 4.69) is 28.8 Å². The summed E-state index contributed by atoms with van der Waals surface area (Å²) in [4.78, 5) is 18.3. The van der Waals surface area contributed by atoms with Gasteiger partial charge in [-0.15, -0.1) is 0 Å². The summed E-state index contributed by atoms with van der Waals surface area (Å²) in [5.41, 5.74) is 0. The van der Waals surface area contributed by atoms with Gasteiger partial charge < -0.3 is 4.74 Å². The largest absolute Gasteiger partial charge is 0.468 e. The number of esters is 1. The van der Waals surface area contributed by atoms with Crippen LogP contribution >= 0.6 is 0 Å². The number of nitrogens with zero attached hydrogens (tertiary/aromatic N) is 4. The third-order valence-corrected chi connectivity index (χ3v) is 3.57. The SMILES string of the molecule is COC(=O)[C@H]1CCCCN1Cc1ncnn1C(C)C. The summed E-state index contributed by atoms with van der Waals surface area (Å²) in [7, 11) is 1.45. The van der Waals surface area contributed by atoms with Gasteiger partial charge in [-0.1, -0.05) is 6.42 Å². The van der Waals surface area contributed by atoms with Crippen LogP contribution < -0.4 is 0 Å². The molecule has 0 amide bonds. The van der Waals surface area contributed by atoms with Crippen LogP contribution in [-0.2, 0) is 16.1 Å². The molecule has 0 unspecified atom stereocenters. The van der Waals surface area contributed by atoms with Gasteiger partial charge in [0, 0.05) is 6.04 Å². The molecule has 1 aromatic rings. The number of ether oxygens (including phenoxy) is 1. The Morgan fingerprint density at radius 1 is 1.53 bits per heavy atom. The molecule has 6 heteroatoms. The zero-order chi connectivity index (χ0) is 13.8. The van der Waals surface area contributed by atoms with E-state index in [0.717, 1.165) is 31.6 Å². The van der Waals surface area contributed by atoms with Crippen molar-refractivity contribution in [3.8, 4) is 0 Å². The number of carbonyl (C=O) groups excluding carboxylic acids is 1. The fraction of sp³-hybridized carbons (Fsp3) is 0.769. The van der Waals surface area contributed by atoms with Crippen LogP contribution in [0.3, 0.4) is 0 Å². The maximum Gasteiger partial charge on any atom is 0.323 e. The maximum atomic E-state index is 11.8. The third-order valence-electron chi connectivity index (χ3n) is 3.57. The molecule has 2 rings (SSSR count). The minimum absolute atomic E-state index is 0.143. The van der Waals surface area contributed by atoms with Crippen molar-refractivity contribution in [1.82, 2.24) is 19.7 Å². The Morgan fingerprint density at radius 2 is 2.32 bits per heavy atom. The molecule has 6 nitrogen and oxygen atoms in total. The fourth-order valence-corrected chi connectivity index (χ4v) is 2.58. The first kappa shape index (κ1) is 14.0. The van der Waals surface area contributed by atoms with E-state index in [1.165, 1.54) is 7.11 Å². The molecule has 0 radical (unpaired) electrons. The molecule has 0 bridgehead atoms. The molecule has 1 atom stereocenters. The molecule has 0 saturated carbocycles. The van der Waals surface area contributed by atoms with Crippen LogP contribution in [0, 0.1) is 0 Å². The number of rotatable bonds is 4. The highest BCUT2D eigenvalue weighted by molar-refractivity contribution is 5.75. The Kier molecular flexibility index (Phi) is 4.52. The molecular weight excluding hydrogens is 244 g/mol. The van der Waals surface area contributed by atoms with E-state index in [1.54, 1.807) is 6.33 Å². The van der Waals surface area contributed by atoms with Crippen LogP contribution in [-0.4, -0.2) is 45.3 Å². The van der Waals surface area contributed by atoms with Gasteiger partial charge in [-0.25, -0.2) is 9.67 Å². The Hall–Kier alpha value is -1.43. The molecule has 106 valence electrons. The van der Waals surface area contributed by atoms with E-state index < -0.39 is 0 Å². The highest BCUT2D eigenvalue weighted by Crippen LogP contribution is 2.20. The molecule has 1 aromatic heterocycles. The average molecular weight is 266 g/mol. The molecular formula is C13H22N4O2. The summed E-state index contributed by atoms with van der Waals surface area (Å²) >= 11 is 0. The standard InChI is InChI=1S/C13H22N4O2/c1-10(2)17-12(14-9-15-17)8-16-7-5-4-6-11(16)13(18)19-3/h9-11H,4-8H2,1-3H3/t11-/m1/s1. The van der Waals surface area contributed by atoms with E-state index in [-0.39, 0.29) is 18.1 Å². The van der Waals surface area contributed by atoms with Crippen molar-refractivity contribution in [3.05, 3.63) is 12.2 Å². The van der Waals surface area contributed by atoms with Crippen LogP contribution in [0.2, 0.25) is 0 Å². The Labute approximate surface area is 113 Å². The molecule has 2 heterocycles. The number of hydrogen-bond donors (Lipinski definition) is 0. The van der Waals surface area contributed by atoms with Crippen molar-refractivity contribution < 1.29 is 9.53 Å². The number of hydrogen-bond acceptors (Lipinski definition) is 5. The average Bonchev–Trinajstić information content (AvgIpc) is 2.87. The zero-order valence-electron chi connectivity index (χ0n) is 11.9. The number of carbonyl (C=O) groups is 1. The predicted octanol–water partition coefficient (Wildman–Crippen LogP) is 1.39. The van der Waals surface area contributed by atoms with Crippen molar-refractivity contribution in [1.29, 1.82) is 0 Å². The molecule has 1 fully saturated rings. The van der Waals surface area contributed by atoms with Gasteiger partial charge in [0.05, 0.1) is 13.7 Å². The first-order valence-electron chi connectivity index (χ1n) is 6.83. The summed E-state index contributed by atoms with van der Waals surface area (Å²) in [5, 5.41) is 4.23. The Morgan fingerprint density at radius 3 is 3.00 bits per heavy atom. The summed E-state index contributed by atoms with van der Waals surface area (Å²) in [6.45, 7) is 5.71. The lowest BCUT2D eigenvalue weighted by molar-refractivity contribution is -0.148. The zero-order valence-corrected chi connectivity index (χ0v) is 11.9. The Bertz CT molecular complexity index is 430. The third kappa shape index (κ3) is 3.12. The van der Waals surface area contributed by atoms with Crippen molar-refractivity contribution in [2.24, 2.45) is 0 Å². The topological polar surface area (TPSA) is 60.2 Å². The van der Waals surface area contributed by atoms with Crippen LogP contribution in [0.5, 0.6) is 0 Å². The first-order valence-corrected chi connectivity index (χ1v) is 6.83. The van der Waals surface area contributed by atoms with Crippen molar-refractivity contribution in [2.45, 2.75) is 51.7 Å². The van der Waals surface area contributed by atoms with E-state index in [9.17, 15) is 4.79 Å². The van der Waals surface area contributed by atoms with E-state index >= 15 is 0 Å². The van der Waals surface area contributed by atoms with Crippen LogP contribution in [0.15, 0.2) is 6.33 Å². The van der Waals surface area contributed by atoms with E-state index in [1.807, 2.05) is 4.68 Å². The fourth-order valence-electron chi connectivity index (χ4n) is 2.58. The molecule has 0 aromatic carbocycles. The smallest absolute Gasteiger partial charge is 0.323 e. The first-order chi connectivity index (χ1) is 9.13. The predicted molar refractivity (Wildman–Crippen MR) is 70.5 cm³/mol. The summed E-state index contributed by atoms with van der Waals surface area (Å²) in [6, 6.07) is 0.134. The number of piperidine rings is 1. The molecule has 19 heavy (non-hydrogen) atoms. The normalized spacial score (nSPS) is 20.7. The van der Waals surface area contributed by atoms with Crippen molar-refractivity contribution >= 4 is 5.97 Å². The second-order valence-electron chi connectivity index (χ2n) is 5.22. The lowest BCUT2D eigenvalue weighted by atomic mass is 10.0. The van der Waals surface area contributed by atoms with Crippen LogP contribution in [0.4, 0.5) is 0 Å². The van der Waals surface area contributed by atoms with Crippen LogP contribution in [0.25, 0.3) is 0 Å². The molecule has 0 aliphatic carbocycles. The van der Waals surface area contributed by atoms with Gasteiger partial charge in [0.15, 0.2) is 0 Å². The van der Waals surface area contributed by atoms with Gasteiger partial charge in [0.1, 0.15) is 18.2 Å². The second kappa shape index (κ2) is 6.14. The quantitative estimate of drug-likeness (QED) is 0.771. The Balaban J connectivity index is 2.11. The molecule has 1 aliphatic heterocycles. The van der Waals surface area contributed by atoms with Gasteiger partial charge in [-0.2, -0.15) is 5.10 Å².